The first-order valence-corrected chi connectivity index (χ1v) is 11.9. The zero-order valence-electron chi connectivity index (χ0n) is 19.9. The minimum Gasteiger partial charge on any atom is -0.422 e. The van der Waals surface area contributed by atoms with Crippen LogP contribution in [0, 0.1) is 5.82 Å². The van der Waals surface area contributed by atoms with Crippen molar-refractivity contribution < 1.29 is 26.8 Å². The van der Waals surface area contributed by atoms with Crippen molar-refractivity contribution in [2.75, 3.05) is 40.0 Å². The van der Waals surface area contributed by atoms with Crippen LogP contribution in [0.3, 0.4) is 0 Å². The molecule has 0 saturated heterocycles. The van der Waals surface area contributed by atoms with Crippen LogP contribution in [0.4, 0.5) is 15.0 Å². The molecule has 0 aliphatic rings. The summed E-state index contributed by atoms with van der Waals surface area (Å²) in [7, 11) is 3.89. The van der Waals surface area contributed by atoms with E-state index in [4.69, 9.17) is 9.15 Å². The zero-order chi connectivity index (χ0) is 25.9. The molecule has 0 aliphatic carbocycles. The lowest BCUT2D eigenvalue weighted by Crippen LogP contribution is -2.27. The highest BCUT2D eigenvalue weighted by molar-refractivity contribution is 7.90. The minimum atomic E-state index is -3.99. The Hall–Kier alpha value is -3.55. The predicted octanol–water partition coefficient (Wildman–Crippen LogP) is 1.92. The van der Waals surface area contributed by atoms with E-state index in [0.717, 1.165) is 0 Å². The van der Waals surface area contributed by atoms with Crippen LogP contribution in [0.15, 0.2) is 39.7 Å². The molecule has 0 unspecified atom stereocenters. The van der Waals surface area contributed by atoms with Crippen LogP contribution in [0.1, 0.15) is 16.7 Å². The van der Waals surface area contributed by atoms with Crippen LogP contribution in [0.25, 0.3) is 11.0 Å². The van der Waals surface area contributed by atoms with Crippen LogP contribution in [-0.2, 0) is 23.2 Å². The summed E-state index contributed by atoms with van der Waals surface area (Å²) < 4.78 is 53.4. The van der Waals surface area contributed by atoms with Gasteiger partial charge in [0.05, 0.1) is 0 Å². The highest BCUT2D eigenvalue weighted by Gasteiger charge is 2.21. The van der Waals surface area contributed by atoms with Crippen molar-refractivity contribution in [2.45, 2.75) is 13.0 Å². The number of hydrogen-bond donors (Lipinski definition) is 2. The van der Waals surface area contributed by atoms with Crippen molar-refractivity contribution in [3.8, 4) is 5.75 Å². The van der Waals surface area contributed by atoms with Crippen LogP contribution in [-0.4, -0.2) is 64.5 Å². The van der Waals surface area contributed by atoms with Crippen LogP contribution >= 0.6 is 0 Å². The molecule has 0 radical (unpaired) electrons. The summed E-state index contributed by atoms with van der Waals surface area (Å²) in [5.41, 5.74) is 0.366. The van der Waals surface area contributed by atoms with E-state index in [2.05, 4.69) is 4.98 Å². The molecule has 2 N–H and O–H groups in total. The molecule has 0 saturated carbocycles. The quantitative estimate of drug-likeness (QED) is 0.442. The van der Waals surface area contributed by atoms with E-state index in [0.29, 0.717) is 17.5 Å². The second kappa shape index (κ2) is 10.4. The van der Waals surface area contributed by atoms with Crippen molar-refractivity contribution in [3.63, 3.8) is 0 Å². The van der Waals surface area contributed by atoms with Gasteiger partial charge in [-0.05, 0) is 43.4 Å². The molecule has 0 spiro atoms. The Kier molecular flexibility index (Phi) is 7.73. The summed E-state index contributed by atoms with van der Waals surface area (Å²) in [6, 6.07) is 6.04. The molecule has 1 aromatic carbocycles. The number of anilines is 1. The number of hydrogen-bond acceptors (Lipinski definition) is 8. The largest absolute Gasteiger partial charge is 0.422 e. The van der Waals surface area contributed by atoms with E-state index in [1.54, 1.807) is 12.1 Å². The minimum absolute atomic E-state index is 0.0528. The van der Waals surface area contributed by atoms with Gasteiger partial charge in [-0.15, -0.1) is 0 Å². The molecule has 3 rings (SSSR count). The monoisotopic (exact) mass is 507 g/mol. The molecule has 2 aromatic heterocycles. The van der Waals surface area contributed by atoms with Gasteiger partial charge in [0.25, 0.3) is 10.2 Å². The Morgan fingerprint density at radius 3 is 2.51 bits per heavy atom. The Morgan fingerprint density at radius 2 is 1.89 bits per heavy atom. The normalized spacial score (nSPS) is 11.6. The third-order valence-electron chi connectivity index (χ3n) is 4.97. The fourth-order valence-corrected chi connectivity index (χ4v) is 3.77. The number of nitrogens with zero attached hydrogens (tertiary/aromatic N) is 3. The molecule has 0 atom stereocenters. The first-order valence-electron chi connectivity index (χ1n) is 10.4. The fourth-order valence-electron chi connectivity index (χ4n) is 3.28. The fraction of sp³-hybridized carbons (Fsp3) is 0.318. The Balaban J connectivity index is 2.09. The number of pyridine rings is 1. The highest BCUT2D eigenvalue weighted by atomic mass is 32.2. The molecule has 0 bridgehead atoms. The van der Waals surface area contributed by atoms with E-state index in [1.807, 2.05) is 28.4 Å². The molecule has 0 fully saturated rings. The molecule has 2 heterocycles. The van der Waals surface area contributed by atoms with Gasteiger partial charge < -0.3 is 19.0 Å². The Labute approximate surface area is 201 Å². The number of nitrogens with one attached hydrogen (secondary N) is 2. The molecule has 1 amide bonds. The maximum atomic E-state index is 15.1. The predicted molar refractivity (Wildman–Crippen MR) is 128 cm³/mol. The van der Waals surface area contributed by atoms with Gasteiger partial charge in [-0.1, -0.05) is 0 Å². The number of carbonyl (C=O) groups is 1. The second-order valence-corrected chi connectivity index (χ2v) is 9.74. The third kappa shape index (κ3) is 6.12. The standard InChI is InChI=1S/C22H26FN5O6S/c1-24-35(31,32)26-20-19(23)13(8-9-25-20)10-16-17(12-27(2)3)15-7-6-14(33-22(30)28(4)5)11-18(15)34-21(16)29/h6-9,11,24H,10,12H2,1-5H3,(H,25,26). The van der Waals surface area contributed by atoms with Gasteiger partial charge in [0.2, 0.25) is 0 Å². The maximum absolute atomic E-state index is 15.1. The summed E-state index contributed by atoms with van der Waals surface area (Å²) >= 11 is 0. The molecule has 0 aliphatic heterocycles. The number of aromatic nitrogens is 1. The van der Waals surface area contributed by atoms with Gasteiger partial charge >= 0.3 is 11.7 Å². The van der Waals surface area contributed by atoms with Crippen LogP contribution in [0.2, 0.25) is 0 Å². The highest BCUT2D eigenvalue weighted by Crippen LogP contribution is 2.28. The maximum Gasteiger partial charge on any atom is 0.414 e. The number of rotatable bonds is 8. The topological polar surface area (TPSA) is 134 Å². The zero-order valence-corrected chi connectivity index (χ0v) is 20.7. The first kappa shape index (κ1) is 26.1. The Bertz CT molecular complexity index is 1420. The Morgan fingerprint density at radius 1 is 1.17 bits per heavy atom. The molecule has 35 heavy (non-hydrogen) atoms. The van der Waals surface area contributed by atoms with Crippen molar-refractivity contribution in [2.24, 2.45) is 0 Å². The molecule has 3 aromatic rings. The van der Waals surface area contributed by atoms with Crippen LogP contribution in [0.5, 0.6) is 5.75 Å². The lowest BCUT2D eigenvalue weighted by Gasteiger charge is -2.17. The van der Waals surface area contributed by atoms with E-state index < -0.39 is 33.6 Å². The number of ether oxygens (including phenoxy) is 1. The SMILES string of the molecule is CNS(=O)(=O)Nc1nccc(Cc2c(CN(C)C)c3ccc(OC(=O)N(C)C)cc3oc2=O)c1F. The van der Waals surface area contributed by atoms with Gasteiger partial charge in [0.1, 0.15) is 11.3 Å². The summed E-state index contributed by atoms with van der Waals surface area (Å²) in [5.74, 6) is -1.21. The van der Waals surface area contributed by atoms with E-state index >= 15 is 4.39 Å². The molecular weight excluding hydrogens is 481 g/mol. The average molecular weight is 508 g/mol. The number of fused-ring (bicyclic) bond motifs is 1. The van der Waals surface area contributed by atoms with Gasteiger partial charge in [0, 0.05) is 57.3 Å². The van der Waals surface area contributed by atoms with Crippen molar-refractivity contribution in [1.82, 2.24) is 19.5 Å². The van der Waals surface area contributed by atoms with Gasteiger partial charge in [-0.3, -0.25) is 4.72 Å². The lowest BCUT2D eigenvalue weighted by molar-refractivity contribution is 0.172. The van der Waals surface area contributed by atoms with Gasteiger partial charge in [0.15, 0.2) is 11.6 Å². The van der Waals surface area contributed by atoms with Crippen molar-refractivity contribution in [1.29, 1.82) is 0 Å². The van der Waals surface area contributed by atoms with Gasteiger partial charge in [-0.2, -0.15) is 8.42 Å². The second-order valence-electron chi connectivity index (χ2n) is 8.12. The summed E-state index contributed by atoms with van der Waals surface area (Å²) in [5, 5.41) is 0.587. The van der Waals surface area contributed by atoms with Crippen molar-refractivity contribution in [3.05, 3.63) is 63.4 Å². The lowest BCUT2D eigenvalue weighted by atomic mass is 9.98. The number of benzene rings is 1. The summed E-state index contributed by atoms with van der Waals surface area (Å²) in [6.45, 7) is 0.334. The van der Waals surface area contributed by atoms with Crippen LogP contribution < -0.4 is 19.8 Å². The smallest absolute Gasteiger partial charge is 0.414 e. The van der Waals surface area contributed by atoms with E-state index in [9.17, 15) is 18.0 Å². The van der Waals surface area contributed by atoms with Crippen molar-refractivity contribution >= 4 is 33.1 Å². The number of halogens is 1. The number of carbonyl (C=O) groups excluding carboxylic acids is 1. The molecule has 188 valence electrons. The first-order chi connectivity index (χ1) is 16.4. The van der Waals surface area contributed by atoms with Gasteiger partial charge in [-0.25, -0.2) is 23.7 Å². The average Bonchev–Trinajstić information content (AvgIpc) is 2.77. The summed E-state index contributed by atoms with van der Waals surface area (Å²) in [6.07, 6.45) is 0.488. The molecule has 13 heteroatoms. The third-order valence-corrected chi connectivity index (χ3v) is 5.97. The molecule has 11 nitrogen and oxygen atoms in total. The van der Waals surface area contributed by atoms with E-state index in [-0.39, 0.29) is 28.9 Å². The summed E-state index contributed by atoms with van der Waals surface area (Å²) in [4.78, 5) is 31.7. The number of amides is 1. The van der Waals surface area contributed by atoms with E-state index in [1.165, 1.54) is 44.4 Å². The molecular formula is C22H26FN5O6S.